The third kappa shape index (κ3) is 6.42. The van der Waals surface area contributed by atoms with E-state index >= 15 is 0 Å². The van der Waals surface area contributed by atoms with Crippen LogP contribution in [0.25, 0.3) is 0 Å². The maximum absolute atomic E-state index is 12.4. The van der Waals surface area contributed by atoms with E-state index in [2.05, 4.69) is 4.72 Å². The van der Waals surface area contributed by atoms with E-state index in [1.54, 1.807) is 12.1 Å². The molecule has 2 aromatic carbocycles. The number of nitrogens with one attached hydrogen (secondary N) is 1. The first-order chi connectivity index (χ1) is 12.7. The molecule has 1 unspecified atom stereocenters. The van der Waals surface area contributed by atoms with E-state index in [0.717, 1.165) is 11.1 Å². The van der Waals surface area contributed by atoms with Gasteiger partial charge in [0.1, 0.15) is 0 Å². The van der Waals surface area contributed by atoms with Gasteiger partial charge in [-0.05, 0) is 54.8 Å². The summed E-state index contributed by atoms with van der Waals surface area (Å²) in [5, 5.41) is 9.22. The normalized spacial score (nSPS) is 12.7. The van der Waals surface area contributed by atoms with Crippen LogP contribution < -0.4 is 4.72 Å². The summed E-state index contributed by atoms with van der Waals surface area (Å²) < 4.78 is 39.6. The predicted molar refractivity (Wildman–Crippen MR) is 105 cm³/mol. The van der Waals surface area contributed by atoms with E-state index in [-0.39, 0.29) is 23.6 Å². The van der Waals surface area contributed by atoms with Crippen molar-refractivity contribution in [2.75, 3.05) is 12.3 Å². The molecule has 0 saturated heterocycles. The number of carboxylic acid groups (broad SMARTS) is 1. The molecule has 0 fully saturated rings. The lowest BCUT2D eigenvalue weighted by Crippen LogP contribution is -2.26. The highest BCUT2D eigenvalue weighted by molar-refractivity contribution is 7.89. The van der Waals surface area contributed by atoms with Crippen molar-refractivity contribution in [3.8, 4) is 0 Å². The second kappa shape index (κ2) is 9.45. The first-order valence-corrected chi connectivity index (χ1v) is 11.3. The van der Waals surface area contributed by atoms with Gasteiger partial charge >= 0.3 is 5.97 Å². The highest BCUT2D eigenvalue weighted by Gasteiger charge is 2.15. The molecule has 0 aromatic heterocycles. The van der Waals surface area contributed by atoms with E-state index in [4.69, 9.17) is 16.7 Å². The van der Waals surface area contributed by atoms with Gasteiger partial charge in [0.05, 0.1) is 22.1 Å². The van der Waals surface area contributed by atoms with Gasteiger partial charge in [-0.25, -0.2) is 13.1 Å². The molecule has 146 valence electrons. The fourth-order valence-electron chi connectivity index (χ4n) is 2.39. The summed E-state index contributed by atoms with van der Waals surface area (Å²) in [5.74, 6) is -0.990. The van der Waals surface area contributed by atoms with Gasteiger partial charge in [-0.15, -0.1) is 0 Å². The highest BCUT2D eigenvalue weighted by Crippen LogP contribution is 2.18. The molecular weight excluding hydrogens is 410 g/mol. The van der Waals surface area contributed by atoms with Crippen molar-refractivity contribution in [3.05, 3.63) is 58.6 Å². The van der Waals surface area contributed by atoms with Crippen LogP contribution in [0.5, 0.6) is 0 Å². The third-order valence-electron chi connectivity index (χ3n) is 3.78. The maximum atomic E-state index is 12.4. The van der Waals surface area contributed by atoms with Crippen LogP contribution >= 0.6 is 11.6 Å². The molecule has 27 heavy (non-hydrogen) atoms. The number of carboxylic acids is 1. The van der Waals surface area contributed by atoms with Crippen molar-refractivity contribution in [1.29, 1.82) is 0 Å². The molecule has 1 atom stereocenters. The zero-order valence-electron chi connectivity index (χ0n) is 14.6. The number of halogens is 1. The lowest BCUT2D eigenvalue weighted by Gasteiger charge is -2.11. The van der Waals surface area contributed by atoms with Gasteiger partial charge in [0.2, 0.25) is 10.0 Å². The van der Waals surface area contributed by atoms with Crippen molar-refractivity contribution < 1.29 is 22.5 Å². The summed E-state index contributed by atoms with van der Waals surface area (Å²) in [6.45, 7) is 1.97. The number of hydrogen-bond donors (Lipinski definition) is 2. The quantitative estimate of drug-likeness (QED) is 0.638. The average Bonchev–Trinajstić information content (AvgIpc) is 2.61. The van der Waals surface area contributed by atoms with Crippen LogP contribution in [0.4, 0.5) is 0 Å². The number of aliphatic carboxylic acids is 1. The van der Waals surface area contributed by atoms with Crippen LogP contribution in [-0.2, 0) is 32.0 Å². The molecule has 9 heteroatoms. The molecule has 0 heterocycles. The second-order valence-corrected chi connectivity index (χ2v) is 9.65. The van der Waals surface area contributed by atoms with Crippen LogP contribution in [0.1, 0.15) is 17.5 Å². The lowest BCUT2D eigenvalue weighted by molar-refractivity contribution is -0.136. The SMILES string of the molecule is Cc1ccc(CCNS(=O)(=O)c2ccc(Cl)cc2)c(S(=O)CCC(=O)O)c1. The summed E-state index contributed by atoms with van der Waals surface area (Å²) in [6.07, 6.45) is 0.143. The Morgan fingerprint density at radius 1 is 1.19 bits per heavy atom. The molecule has 0 radical (unpaired) electrons. The number of hydrogen-bond acceptors (Lipinski definition) is 4. The Morgan fingerprint density at radius 2 is 1.85 bits per heavy atom. The Balaban J connectivity index is 2.08. The van der Waals surface area contributed by atoms with Gasteiger partial charge in [-0.1, -0.05) is 23.7 Å². The van der Waals surface area contributed by atoms with Crippen LogP contribution in [0, 0.1) is 6.92 Å². The van der Waals surface area contributed by atoms with Crippen molar-refractivity contribution in [2.45, 2.75) is 29.6 Å². The predicted octanol–water partition coefficient (Wildman–Crippen LogP) is 2.75. The Bertz CT molecular complexity index is 943. The molecule has 2 N–H and O–H groups in total. The monoisotopic (exact) mass is 429 g/mol. The van der Waals surface area contributed by atoms with Gasteiger partial charge in [-0.2, -0.15) is 0 Å². The molecule has 0 aliphatic heterocycles. The van der Waals surface area contributed by atoms with Crippen molar-refractivity contribution >= 4 is 38.4 Å². The fourth-order valence-corrected chi connectivity index (χ4v) is 4.90. The maximum Gasteiger partial charge on any atom is 0.304 e. The molecule has 0 bridgehead atoms. The number of sulfonamides is 1. The van der Waals surface area contributed by atoms with Crippen LogP contribution in [0.15, 0.2) is 52.3 Å². The van der Waals surface area contributed by atoms with E-state index in [1.165, 1.54) is 24.3 Å². The Morgan fingerprint density at radius 3 is 2.48 bits per heavy atom. The highest BCUT2D eigenvalue weighted by atomic mass is 35.5. The van der Waals surface area contributed by atoms with Crippen LogP contribution in [0.3, 0.4) is 0 Å². The van der Waals surface area contributed by atoms with Gasteiger partial charge < -0.3 is 5.11 Å². The molecule has 0 amide bonds. The minimum absolute atomic E-state index is 0.0162. The molecule has 2 rings (SSSR count). The fraction of sp³-hybridized carbons (Fsp3) is 0.278. The Kier molecular flexibility index (Phi) is 7.55. The standard InChI is InChI=1S/C18H20ClNO5S2/c1-13-2-3-14(17(12-13)26(23)11-9-18(21)22)8-10-20-27(24,25)16-6-4-15(19)5-7-16/h2-7,12,20H,8-11H2,1H3,(H,21,22). The third-order valence-corrected chi connectivity index (χ3v) is 6.95. The largest absolute Gasteiger partial charge is 0.481 e. The smallest absolute Gasteiger partial charge is 0.304 e. The first-order valence-electron chi connectivity index (χ1n) is 8.14. The van der Waals surface area contributed by atoms with Gasteiger partial charge in [0, 0.05) is 22.2 Å². The number of benzene rings is 2. The van der Waals surface area contributed by atoms with Crippen molar-refractivity contribution in [2.24, 2.45) is 0 Å². The molecule has 6 nitrogen and oxygen atoms in total. The minimum atomic E-state index is -3.67. The summed E-state index contributed by atoms with van der Waals surface area (Å²) in [5.41, 5.74) is 1.63. The summed E-state index contributed by atoms with van der Waals surface area (Å²) in [7, 11) is -5.13. The summed E-state index contributed by atoms with van der Waals surface area (Å²) >= 11 is 5.77. The van der Waals surface area contributed by atoms with Crippen molar-refractivity contribution in [1.82, 2.24) is 4.72 Å². The van der Waals surface area contributed by atoms with E-state index < -0.39 is 26.8 Å². The van der Waals surface area contributed by atoms with Crippen LogP contribution in [0.2, 0.25) is 5.02 Å². The van der Waals surface area contributed by atoms with E-state index in [1.807, 2.05) is 13.0 Å². The summed E-state index contributed by atoms with van der Waals surface area (Å²) in [6, 6.07) is 11.2. The number of rotatable bonds is 9. The second-order valence-electron chi connectivity index (χ2n) is 5.91. The number of aryl methyl sites for hydroxylation is 1. The number of carbonyl (C=O) groups is 1. The van der Waals surface area contributed by atoms with Gasteiger partial charge in [0.25, 0.3) is 0 Å². The molecular formula is C18H20ClNO5S2. The molecule has 0 aliphatic rings. The topological polar surface area (TPSA) is 101 Å². The molecule has 2 aromatic rings. The molecule has 0 spiro atoms. The minimum Gasteiger partial charge on any atom is -0.481 e. The molecule has 0 aliphatic carbocycles. The van der Waals surface area contributed by atoms with Gasteiger partial charge in [0.15, 0.2) is 0 Å². The van der Waals surface area contributed by atoms with Crippen molar-refractivity contribution in [3.63, 3.8) is 0 Å². The van der Waals surface area contributed by atoms with Gasteiger partial charge in [-0.3, -0.25) is 9.00 Å². The van der Waals surface area contributed by atoms with E-state index in [0.29, 0.717) is 16.3 Å². The average molecular weight is 430 g/mol. The van der Waals surface area contributed by atoms with Crippen LogP contribution in [-0.4, -0.2) is 36.0 Å². The lowest BCUT2D eigenvalue weighted by atomic mass is 10.1. The zero-order chi connectivity index (χ0) is 20.0. The zero-order valence-corrected chi connectivity index (χ0v) is 17.0. The summed E-state index contributed by atoms with van der Waals surface area (Å²) in [4.78, 5) is 11.4. The Hall–Kier alpha value is -1.74. The van der Waals surface area contributed by atoms with E-state index in [9.17, 15) is 17.4 Å². The Labute approximate surface area is 166 Å². The molecule has 0 saturated carbocycles. The first kappa shape index (κ1) is 21.6.